The molecule has 0 aliphatic carbocycles. The van der Waals surface area contributed by atoms with Crippen molar-refractivity contribution >= 4 is 17.3 Å². The van der Waals surface area contributed by atoms with E-state index in [0.717, 1.165) is 16.9 Å². The average molecular weight is 268 g/mol. The quantitative estimate of drug-likeness (QED) is 0.852. The third-order valence-corrected chi connectivity index (χ3v) is 3.37. The predicted octanol–water partition coefficient (Wildman–Crippen LogP) is 3.34. The van der Waals surface area contributed by atoms with Gasteiger partial charge >= 0.3 is 0 Å². The van der Waals surface area contributed by atoms with E-state index in [9.17, 15) is 4.79 Å². The van der Waals surface area contributed by atoms with E-state index in [1.54, 1.807) is 11.9 Å². The van der Waals surface area contributed by atoms with Crippen molar-refractivity contribution in [2.24, 2.45) is 0 Å². The lowest BCUT2D eigenvalue weighted by Gasteiger charge is -2.20. The monoisotopic (exact) mass is 268 g/mol. The number of carbonyl (C=O) groups is 1. The van der Waals surface area contributed by atoms with Crippen LogP contribution in [-0.2, 0) is 0 Å². The first kappa shape index (κ1) is 14.1. The van der Waals surface area contributed by atoms with Crippen LogP contribution >= 0.6 is 0 Å². The van der Waals surface area contributed by atoms with E-state index in [-0.39, 0.29) is 5.91 Å². The molecule has 0 saturated carbocycles. The first-order chi connectivity index (χ1) is 9.50. The van der Waals surface area contributed by atoms with Crippen LogP contribution < -0.4 is 9.80 Å². The van der Waals surface area contributed by atoms with Crippen LogP contribution in [0.1, 0.15) is 15.9 Å². The molecular formula is C17H20N2O. The van der Waals surface area contributed by atoms with Crippen molar-refractivity contribution in [2.45, 2.75) is 6.92 Å². The standard InChI is InChI=1S/C17H20N2O/c1-13-12-14(10-11-16(13)18(2)3)17(20)19(4)15-8-6-5-7-9-15/h5-12H,1-4H3. The van der Waals surface area contributed by atoms with Crippen molar-refractivity contribution in [3.8, 4) is 0 Å². The number of amides is 1. The Kier molecular flexibility index (Phi) is 4.08. The summed E-state index contributed by atoms with van der Waals surface area (Å²) >= 11 is 0. The Morgan fingerprint density at radius 1 is 0.950 bits per heavy atom. The average Bonchev–Trinajstić information content (AvgIpc) is 2.46. The van der Waals surface area contributed by atoms with E-state index in [2.05, 4.69) is 0 Å². The molecule has 20 heavy (non-hydrogen) atoms. The molecule has 3 nitrogen and oxygen atoms in total. The van der Waals surface area contributed by atoms with E-state index in [1.807, 2.05) is 74.4 Å². The number of hydrogen-bond acceptors (Lipinski definition) is 2. The maximum Gasteiger partial charge on any atom is 0.258 e. The Hall–Kier alpha value is -2.29. The molecule has 0 atom stereocenters. The zero-order valence-corrected chi connectivity index (χ0v) is 12.4. The fraction of sp³-hybridized carbons (Fsp3) is 0.235. The van der Waals surface area contributed by atoms with E-state index in [4.69, 9.17) is 0 Å². The second-order valence-corrected chi connectivity index (χ2v) is 5.10. The molecule has 0 aromatic heterocycles. The molecule has 0 heterocycles. The molecular weight excluding hydrogens is 248 g/mol. The maximum atomic E-state index is 12.5. The summed E-state index contributed by atoms with van der Waals surface area (Å²) in [5.74, 6) is 0.00426. The number of rotatable bonds is 3. The number of para-hydroxylation sites is 1. The Labute approximate surface area is 120 Å². The Bertz CT molecular complexity index is 606. The van der Waals surface area contributed by atoms with Gasteiger partial charge in [0, 0.05) is 38.1 Å². The van der Waals surface area contributed by atoms with Crippen LogP contribution in [-0.4, -0.2) is 27.1 Å². The smallest absolute Gasteiger partial charge is 0.258 e. The van der Waals surface area contributed by atoms with Gasteiger partial charge in [0.05, 0.1) is 0 Å². The number of hydrogen-bond donors (Lipinski definition) is 0. The van der Waals surface area contributed by atoms with E-state index in [0.29, 0.717) is 5.56 Å². The van der Waals surface area contributed by atoms with E-state index < -0.39 is 0 Å². The number of carbonyl (C=O) groups excluding carboxylic acids is 1. The molecule has 2 rings (SSSR count). The summed E-state index contributed by atoms with van der Waals surface area (Å²) in [7, 11) is 5.80. The molecule has 0 saturated heterocycles. The lowest BCUT2D eigenvalue weighted by atomic mass is 10.1. The van der Waals surface area contributed by atoms with Gasteiger partial charge in [-0.1, -0.05) is 18.2 Å². The highest BCUT2D eigenvalue weighted by molar-refractivity contribution is 6.06. The highest BCUT2D eigenvalue weighted by Gasteiger charge is 2.14. The first-order valence-corrected chi connectivity index (χ1v) is 6.62. The molecule has 0 aliphatic heterocycles. The van der Waals surface area contributed by atoms with Crippen molar-refractivity contribution in [1.82, 2.24) is 0 Å². The highest BCUT2D eigenvalue weighted by Crippen LogP contribution is 2.21. The summed E-state index contributed by atoms with van der Waals surface area (Å²) in [4.78, 5) is 16.2. The SMILES string of the molecule is Cc1cc(C(=O)N(C)c2ccccc2)ccc1N(C)C. The molecule has 2 aromatic carbocycles. The fourth-order valence-electron chi connectivity index (χ4n) is 2.25. The van der Waals surface area contributed by atoms with E-state index >= 15 is 0 Å². The molecule has 0 aliphatic rings. The van der Waals surface area contributed by atoms with Gasteiger partial charge in [0.25, 0.3) is 5.91 Å². The van der Waals surface area contributed by atoms with Gasteiger partial charge in [-0.15, -0.1) is 0 Å². The topological polar surface area (TPSA) is 23.6 Å². The van der Waals surface area contributed by atoms with Crippen LogP contribution in [0, 0.1) is 6.92 Å². The molecule has 3 heteroatoms. The predicted molar refractivity (Wildman–Crippen MR) is 84.7 cm³/mol. The molecule has 0 unspecified atom stereocenters. The van der Waals surface area contributed by atoms with Crippen molar-refractivity contribution in [2.75, 3.05) is 30.9 Å². The molecule has 0 bridgehead atoms. The maximum absolute atomic E-state index is 12.5. The largest absolute Gasteiger partial charge is 0.377 e. The Morgan fingerprint density at radius 3 is 2.15 bits per heavy atom. The number of benzene rings is 2. The summed E-state index contributed by atoms with van der Waals surface area (Å²) in [6.45, 7) is 2.02. The second-order valence-electron chi connectivity index (χ2n) is 5.10. The lowest BCUT2D eigenvalue weighted by Crippen LogP contribution is -2.26. The lowest BCUT2D eigenvalue weighted by molar-refractivity contribution is 0.0993. The van der Waals surface area contributed by atoms with Crippen LogP contribution in [0.25, 0.3) is 0 Å². The normalized spacial score (nSPS) is 10.2. The number of anilines is 2. The van der Waals surface area contributed by atoms with Gasteiger partial charge < -0.3 is 9.80 Å². The summed E-state index contributed by atoms with van der Waals surface area (Å²) in [6.07, 6.45) is 0. The van der Waals surface area contributed by atoms with Crippen LogP contribution in [0.2, 0.25) is 0 Å². The third kappa shape index (κ3) is 2.82. The Morgan fingerprint density at radius 2 is 1.60 bits per heavy atom. The van der Waals surface area contributed by atoms with Gasteiger partial charge in [0.2, 0.25) is 0 Å². The summed E-state index contributed by atoms with van der Waals surface area (Å²) in [5, 5.41) is 0. The zero-order valence-electron chi connectivity index (χ0n) is 12.4. The van der Waals surface area contributed by atoms with Crippen molar-refractivity contribution < 1.29 is 4.79 Å². The zero-order chi connectivity index (χ0) is 14.7. The van der Waals surface area contributed by atoms with Gasteiger partial charge in [0.1, 0.15) is 0 Å². The van der Waals surface area contributed by atoms with Gasteiger partial charge in [-0.25, -0.2) is 0 Å². The van der Waals surface area contributed by atoms with Crippen molar-refractivity contribution in [3.63, 3.8) is 0 Å². The van der Waals surface area contributed by atoms with Gasteiger partial charge in [-0.05, 0) is 42.8 Å². The molecule has 0 N–H and O–H groups in total. The first-order valence-electron chi connectivity index (χ1n) is 6.62. The molecule has 0 fully saturated rings. The van der Waals surface area contributed by atoms with Crippen molar-refractivity contribution in [1.29, 1.82) is 0 Å². The molecule has 104 valence electrons. The summed E-state index contributed by atoms with van der Waals surface area (Å²) in [5.41, 5.74) is 3.83. The molecule has 1 amide bonds. The van der Waals surface area contributed by atoms with Gasteiger partial charge in [-0.2, -0.15) is 0 Å². The Balaban J connectivity index is 2.28. The van der Waals surface area contributed by atoms with Gasteiger partial charge in [-0.3, -0.25) is 4.79 Å². The number of nitrogens with zero attached hydrogens (tertiary/aromatic N) is 2. The third-order valence-electron chi connectivity index (χ3n) is 3.37. The molecule has 2 aromatic rings. The highest BCUT2D eigenvalue weighted by atomic mass is 16.2. The second kappa shape index (κ2) is 5.78. The van der Waals surface area contributed by atoms with Crippen LogP contribution in [0.3, 0.4) is 0 Å². The van der Waals surface area contributed by atoms with Crippen LogP contribution in [0.4, 0.5) is 11.4 Å². The van der Waals surface area contributed by atoms with Crippen LogP contribution in [0.5, 0.6) is 0 Å². The van der Waals surface area contributed by atoms with Crippen molar-refractivity contribution in [3.05, 3.63) is 59.7 Å². The van der Waals surface area contributed by atoms with E-state index in [1.165, 1.54) is 0 Å². The number of aryl methyl sites for hydroxylation is 1. The van der Waals surface area contributed by atoms with Gasteiger partial charge in [0.15, 0.2) is 0 Å². The minimum absolute atomic E-state index is 0.00426. The summed E-state index contributed by atoms with van der Waals surface area (Å²) < 4.78 is 0. The summed E-state index contributed by atoms with van der Waals surface area (Å²) in [6, 6.07) is 15.5. The molecule has 0 radical (unpaired) electrons. The minimum Gasteiger partial charge on any atom is -0.377 e. The molecule has 0 spiro atoms. The van der Waals surface area contributed by atoms with Crippen LogP contribution in [0.15, 0.2) is 48.5 Å². The minimum atomic E-state index is 0.00426. The fourth-order valence-corrected chi connectivity index (χ4v) is 2.25.